The summed E-state index contributed by atoms with van der Waals surface area (Å²) >= 11 is 0. The van der Waals surface area contributed by atoms with E-state index in [0.717, 1.165) is 17.2 Å². The van der Waals surface area contributed by atoms with Crippen molar-refractivity contribution in [2.24, 2.45) is 10.9 Å². The van der Waals surface area contributed by atoms with E-state index < -0.39 is 0 Å². The van der Waals surface area contributed by atoms with E-state index in [1.54, 1.807) is 7.11 Å². The SMILES string of the molecule is C=Nc1ccc(C23CC(C2)C3)cc1C(=C)OC. The summed E-state index contributed by atoms with van der Waals surface area (Å²) in [5.41, 5.74) is 3.71. The van der Waals surface area contributed by atoms with Crippen molar-refractivity contribution in [3.05, 3.63) is 35.9 Å². The molecule has 0 radical (unpaired) electrons. The van der Waals surface area contributed by atoms with Crippen molar-refractivity contribution < 1.29 is 4.74 Å². The molecular weight excluding hydrogens is 210 g/mol. The largest absolute Gasteiger partial charge is 0.497 e. The minimum Gasteiger partial charge on any atom is -0.497 e. The highest BCUT2D eigenvalue weighted by Gasteiger charge is 2.57. The Labute approximate surface area is 102 Å². The summed E-state index contributed by atoms with van der Waals surface area (Å²) in [5, 5.41) is 0. The van der Waals surface area contributed by atoms with Gasteiger partial charge in [-0.2, -0.15) is 0 Å². The van der Waals surface area contributed by atoms with Crippen LogP contribution in [0.1, 0.15) is 30.4 Å². The first-order valence-corrected chi connectivity index (χ1v) is 6.03. The number of nitrogens with zero attached hydrogens (tertiary/aromatic N) is 1. The second-order valence-electron chi connectivity index (χ2n) is 5.28. The fourth-order valence-electron chi connectivity index (χ4n) is 3.17. The first-order chi connectivity index (χ1) is 8.18. The van der Waals surface area contributed by atoms with Crippen molar-refractivity contribution in [1.29, 1.82) is 0 Å². The van der Waals surface area contributed by atoms with Crippen molar-refractivity contribution in [3.8, 4) is 0 Å². The zero-order chi connectivity index (χ0) is 12.0. The van der Waals surface area contributed by atoms with Gasteiger partial charge in [0.25, 0.3) is 0 Å². The first kappa shape index (κ1) is 10.6. The predicted molar refractivity (Wildman–Crippen MR) is 70.7 cm³/mol. The topological polar surface area (TPSA) is 21.6 Å². The smallest absolute Gasteiger partial charge is 0.121 e. The molecule has 0 spiro atoms. The van der Waals surface area contributed by atoms with Crippen molar-refractivity contribution in [3.63, 3.8) is 0 Å². The van der Waals surface area contributed by atoms with Gasteiger partial charge < -0.3 is 4.74 Å². The van der Waals surface area contributed by atoms with Crippen LogP contribution < -0.4 is 0 Å². The van der Waals surface area contributed by atoms with Gasteiger partial charge in [-0.05, 0) is 55.0 Å². The number of benzene rings is 1. The van der Waals surface area contributed by atoms with Gasteiger partial charge in [0, 0.05) is 5.56 Å². The Morgan fingerprint density at radius 1 is 1.41 bits per heavy atom. The highest BCUT2D eigenvalue weighted by atomic mass is 16.5. The molecule has 0 unspecified atom stereocenters. The molecule has 3 aliphatic rings. The van der Waals surface area contributed by atoms with Gasteiger partial charge in [0.2, 0.25) is 0 Å². The summed E-state index contributed by atoms with van der Waals surface area (Å²) in [6, 6.07) is 6.40. The lowest BCUT2D eigenvalue weighted by Gasteiger charge is -2.62. The Morgan fingerprint density at radius 3 is 2.59 bits per heavy atom. The van der Waals surface area contributed by atoms with Gasteiger partial charge >= 0.3 is 0 Å². The summed E-state index contributed by atoms with van der Waals surface area (Å²) in [6.45, 7) is 7.52. The number of aliphatic imine (C=N–C) groups is 1. The maximum Gasteiger partial charge on any atom is 0.121 e. The summed E-state index contributed by atoms with van der Waals surface area (Å²) in [6.07, 6.45) is 4.06. The van der Waals surface area contributed by atoms with Crippen LogP contribution in [0.2, 0.25) is 0 Å². The second kappa shape index (κ2) is 3.46. The molecule has 3 fully saturated rings. The molecule has 2 bridgehead atoms. The molecule has 0 saturated heterocycles. The molecule has 3 aliphatic carbocycles. The Morgan fingerprint density at radius 2 is 2.12 bits per heavy atom. The van der Waals surface area contributed by atoms with E-state index in [-0.39, 0.29) is 0 Å². The van der Waals surface area contributed by atoms with Crippen LogP contribution in [0.5, 0.6) is 0 Å². The number of hydrogen-bond acceptors (Lipinski definition) is 2. The lowest BCUT2D eigenvalue weighted by molar-refractivity contribution is -0.0274. The molecule has 0 amide bonds. The molecule has 0 aliphatic heterocycles. The zero-order valence-corrected chi connectivity index (χ0v) is 10.2. The summed E-state index contributed by atoms with van der Waals surface area (Å²) in [5.74, 6) is 1.65. The van der Waals surface area contributed by atoms with Gasteiger partial charge in [-0.15, -0.1) is 0 Å². The van der Waals surface area contributed by atoms with Crippen LogP contribution in [0.25, 0.3) is 5.76 Å². The van der Waals surface area contributed by atoms with E-state index in [0.29, 0.717) is 11.2 Å². The van der Waals surface area contributed by atoms with Crippen molar-refractivity contribution in [1.82, 2.24) is 0 Å². The van der Waals surface area contributed by atoms with E-state index in [9.17, 15) is 0 Å². The molecule has 2 heteroatoms. The molecule has 1 aromatic carbocycles. The van der Waals surface area contributed by atoms with Crippen LogP contribution in [0.4, 0.5) is 5.69 Å². The maximum atomic E-state index is 5.23. The minimum atomic E-state index is 0.465. The van der Waals surface area contributed by atoms with Crippen LogP contribution in [0, 0.1) is 5.92 Å². The zero-order valence-electron chi connectivity index (χ0n) is 10.2. The normalized spacial score (nSPS) is 28.9. The van der Waals surface area contributed by atoms with Crippen molar-refractivity contribution >= 4 is 18.2 Å². The van der Waals surface area contributed by atoms with Crippen LogP contribution >= 0.6 is 0 Å². The lowest BCUT2D eigenvalue weighted by Crippen LogP contribution is -2.55. The van der Waals surface area contributed by atoms with E-state index in [1.807, 2.05) is 6.07 Å². The molecule has 17 heavy (non-hydrogen) atoms. The minimum absolute atomic E-state index is 0.465. The monoisotopic (exact) mass is 227 g/mol. The van der Waals surface area contributed by atoms with Gasteiger partial charge in [0.1, 0.15) is 5.76 Å². The first-order valence-electron chi connectivity index (χ1n) is 6.03. The number of hydrogen-bond donors (Lipinski definition) is 0. The van der Waals surface area contributed by atoms with Gasteiger partial charge in [0.05, 0.1) is 12.8 Å². The molecule has 1 aromatic rings. The highest BCUT2D eigenvalue weighted by Crippen LogP contribution is 2.65. The number of methoxy groups -OCH3 is 1. The Hall–Kier alpha value is -1.57. The van der Waals surface area contributed by atoms with Crippen LogP contribution in [0.3, 0.4) is 0 Å². The third-order valence-corrected chi connectivity index (χ3v) is 4.36. The van der Waals surface area contributed by atoms with Gasteiger partial charge in [-0.1, -0.05) is 12.6 Å². The van der Waals surface area contributed by atoms with Crippen molar-refractivity contribution in [2.75, 3.05) is 7.11 Å². The molecule has 0 aromatic heterocycles. The molecular formula is C15H17NO. The van der Waals surface area contributed by atoms with Crippen LogP contribution in [-0.2, 0) is 10.2 Å². The fourth-order valence-corrected chi connectivity index (χ4v) is 3.17. The maximum absolute atomic E-state index is 5.23. The van der Waals surface area contributed by atoms with Gasteiger partial charge in [0.15, 0.2) is 0 Å². The average Bonchev–Trinajstić information content (AvgIpc) is 2.24. The Bertz CT molecular complexity index is 487. The Kier molecular flexibility index (Phi) is 2.15. The Balaban J connectivity index is 2.02. The second-order valence-corrected chi connectivity index (χ2v) is 5.28. The van der Waals surface area contributed by atoms with Crippen LogP contribution in [-0.4, -0.2) is 13.8 Å². The molecule has 3 saturated carbocycles. The van der Waals surface area contributed by atoms with E-state index in [4.69, 9.17) is 4.74 Å². The molecule has 0 heterocycles. The summed E-state index contributed by atoms with van der Waals surface area (Å²) in [4.78, 5) is 4.03. The van der Waals surface area contributed by atoms with Gasteiger partial charge in [-0.3, -0.25) is 4.99 Å². The fraction of sp³-hybridized carbons (Fsp3) is 0.400. The lowest BCUT2D eigenvalue weighted by atomic mass is 9.42. The average molecular weight is 227 g/mol. The molecule has 0 atom stereocenters. The van der Waals surface area contributed by atoms with E-state index in [2.05, 4.69) is 30.4 Å². The quantitative estimate of drug-likeness (QED) is 0.568. The number of rotatable bonds is 4. The standard InChI is InChI=1S/C15H17NO/c1-10(17-3)13-6-12(4-5-14(13)16-2)15-7-11(8-15)9-15/h4-6,11H,1-2,7-9H2,3H3. The predicted octanol–water partition coefficient (Wildman–Crippen LogP) is 3.69. The third-order valence-electron chi connectivity index (χ3n) is 4.36. The van der Waals surface area contributed by atoms with E-state index in [1.165, 1.54) is 24.8 Å². The summed E-state index contributed by atoms with van der Waals surface area (Å²) < 4.78 is 5.23. The van der Waals surface area contributed by atoms with Crippen LogP contribution in [0.15, 0.2) is 29.8 Å². The molecule has 88 valence electrons. The van der Waals surface area contributed by atoms with E-state index >= 15 is 0 Å². The molecule has 2 nitrogen and oxygen atoms in total. The molecule has 4 rings (SSSR count). The summed E-state index contributed by atoms with van der Waals surface area (Å²) in [7, 11) is 1.64. The van der Waals surface area contributed by atoms with Gasteiger partial charge in [-0.25, -0.2) is 0 Å². The highest BCUT2D eigenvalue weighted by molar-refractivity contribution is 5.72. The van der Waals surface area contributed by atoms with Crippen molar-refractivity contribution in [2.45, 2.75) is 24.7 Å². The number of ether oxygens (including phenoxy) is 1. The molecule has 0 N–H and O–H groups in total. The third kappa shape index (κ3) is 1.36.